The number of nitrogens with zero attached hydrogens (tertiary/aromatic N) is 4. The van der Waals surface area contributed by atoms with Crippen molar-refractivity contribution in [1.29, 1.82) is 5.26 Å². The van der Waals surface area contributed by atoms with Crippen LogP contribution in [0.1, 0.15) is 16.8 Å². The van der Waals surface area contributed by atoms with Gasteiger partial charge in [0.15, 0.2) is 11.1 Å². The normalized spacial score (nSPS) is 11.0. The van der Waals surface area contributed by atoms with E-state index >= 15 is 0 Å². The van der Waals surface area contributed by atoms with Gasteiger partial charge in [-0.25, -0.2) is 9.37 Å². The molecule has 2 rings (SSSR count). The first-order valence-corrected chi connectivity index (χ1v) is 8.16. The largest absolute Gasteiger partial charge is 0.354 e. The predicted octanol–water partition coefficient (Wildman–Crippen LogP) is 2.09. The number of aliphatic imine (C=N–C) groups is 1. The van der Waals surface area contributed by atoms with Crippen LogP contribution in [0.2, 0.25) is 0 Å². The average molecular weight is 346 g/mol. The Morgan fingerprint density at radius 1 is 1.38 bits per heavy atom. The fraction of sp³-hybridized carbons (Fsp3) is 0.312. The lowest BCUT2D eigenvalue weighted by atomic mass is 10.1. The zero-order chi connectivity index (χ0) is 17.5. The van der Waals surface area contributed by atoms with Crippen molar-refractivity contribution in [2.24, 2.45) is 4.99 Å². The average Bonchev–Trinajstić information content (AvgIpc) is 3.05. The van der Waals surface area contributed by atoms with Crippen LogP contribution in [0.15, 0.2) is 28.6 Å². The molecule has 126 valence electrons. The van der Waals surface area contributed by atoms with Crippen LogP contribution in [-0.2, 0) is 13.1 Å². The van der Waals surface area contributed by atoms with Crippen LogP contribution >= 0.6 is 11.3 Å². The van der Waals surface area contributed by atoms with Crippen molar-refractivity contribution in [3.8, 4) is 6.07 Å². The molecule has 1 aromatic carbocycles. The van der Waals surface area contributed by atoms with Crippen LogP contribution in [0.4, 0.5) is 9.52 Å². The molecule has 0 fully saturated rings. The first kappa shape index (κ1) is 17.7. The van der Waals surface area contributed by atoms with Crippen molar-refractivity contribution in [3.05, 3.63) is 46.2 Å². The Hall–Kier alpha value is -2.66. The van der Waals surface area contributed by atoms with E-state index in [1.54, 1.807) is 18.4 Å². The van der Waals surface area contributed by atoms with Gasteiger partial charge in [-0.15, -0.1) is 11.3 Å². The quantitative estimate of drug-likeness (QED) is 0.640. The van der Waals surface area contributed by atoms with Gasteiger partial charge in [0, 0.05) is 38.6 Å². The Bertz CT molecular complexity index is 762. The van der Waals surface area contributed by atoms with Crippen LogP contribution in [0, 0.1) is 17.1 Å². The van der Waals surface area contributed by atoms with Crippen LogP contribution in [0.3, 0.4) is 0 Å². The van der Waals surface area contributed by atoms with E-state index in [4.69, 9.17) is 5.26 Å². The number of nitriles is 1. The number of hydrogen-bond acceptors (Lipinski definition) is 5. The maximum Gasteiger partial charge on any atom is 0.191 e. The molecule has 8 heteroatoms. The zero-order valence-electron chi connectivity index (χ0n) is 13.8. The molecule has 2 N–H and O–H groups in total. The molecular weight excluding hydrogens is 327 g/mol. The number of nitrogens with one attached hydrogen (secondary N) is 2. The molecule has 0 saturated heterocycles. The van der Waals surface area contributed by atoms with Crippen molar-refractivity contribution in [2.75, 3.05) is 26.0 Å². The first-order valence-electron chi connectivity index (χ1n) is 7.28. The van der Waals surface area contributed by atoms with Crippen LogP contribution in [-0.4, -0.2) is 32.1 Å². The summed E-state index contributed by atoms with van der Waals surface area (Å²) < 4.78 is 13.8. The summed E-state index contributed by atoms with van der Waals surface area (Å²) >= 11 is 1.57. The molecule has 0 atom stereocenters. The van der Waals surface area contributed by atoms with Gasteiger partial charge in [0.05, 0.1) is 23.9 Å². The van der Waals surface area contributed by atoms with E-state index in [-0.39, 0.29) is 12.4 Å². The summed E-state index contributed by atoms with van der Waals surface area (Å²) in [6.07, 6.45) is 0. The van der Waals surface area contributed by atoms with Crippen molar-refractivity contribution < 1.29 is 4.39 Å². The molecule has 0 aliphatic heterocycles. The highest BCUT2D eigenvalue weighted by molar-refractivity contribution is 7.13. The molecule has 0 bridgehead atoms. The van der Waals surface area contributed by atoms with E-state index in [0.29, 0.717) is 23.6 Å². The SMILES string of the molecule is CN=C(NCc1csc(N(C)C)n1)NCc1cc(C#N)ccc1F. The lowest BCUT2D eigenvalue weighted by Gasteiger charge is -2.12. The predicted molar refractivity (Wildman–Crippen MR) is 94.6 cm³/mol. The highest BCUT2D eigenvalue weighted by atomic mass is 32.1. The number of halogens is 1. The number of anilines is 1. The Morgan fingerprint density at radius 3 is 2.75 bits per heavy atom. The van der Waals surface area contributed by atoms with E-state index in [2.05, 4.69) is 20.6 Å². The zero-order valence-corrected chi connectivity index (χ0v) is 14.6. The fourth-order valence-corrected chi connectivity index (χ4v) is 2.69. The van der Waals surface area contributed by atoms with E-state index in [9.17, 15) is 4.39 Å². The third-order valence-corrected chi connectivity index (χ3v) is 4.26. The lowest BCUT2D eigenvalue weighted by Crippen LogP contribution is -2.36. The molecule has 0 aliphatic rings. The van der Waals surface area contributed by atoms with Crippen molar-refractivity contribution in [1.82, 2.24) is 15.6 Å². The van der Waals surface area contributed by atoms with E-state index in [1.165, 1.54) is 18.2 Å². The summed E-state index contributed by atoms with van der Waals surface area (Å²) in [4.78, 5) is 10.5. The smallest absolute Gasteiger partial charge is 0.191 e. The first-order chi connectivity index (χ1) is 11.5. The molecule has 0 radical (unpaired) electrons. The Balaban J connectivity index is 1.92. The molecular formula is C16H19FN6S. The van der Waals surface area contributed by atoms with Gasteiger partial charge in [-0.1, -0.05) is 0 Å². The fourth-order valence-electron chi connectivity index (χ4n) is 1.94. The number of benzene rings is 1. The standard InChI is InChI=1S/C16H19FN6S/c1-19-15(21-9-13-10-24-16(22-13)23(2)3)20-8-12-6-11(7-18)4-5-14(12)17/h4-6,10H,8-9H2,1-3H3,(H2,19,20,21). The summed E-state index contributed by atoms with van der Waals surface area (Å²) in [6.45, 7) is 0.756. The Morgan fingerprint density at radius 2 is 2.12 bits per heavy atom. The van der Waals surface area contributed by atoms with E-state index in [0.717, 1.165) is 10.8 Å². The van der Waals surface area contributed by atoms with Gasteiger partial charge in [0.2, 0.25) is 0 Å². The molecule has 0 aliphatic carbocycles. The van der Waals surface area contributed by atoms with Gasteiger partial charge in [-0.2, -0.15) is 5.26 Å². The highest BCUT2D eigenvalue weighted by Crippen LogP contribution is 2.17. The minimum atomic E-state index is -0.355. The molecule has 1 heterocycles. The summed E-state index contributed by atoms with van der Waals surface area (Å²) in [5.41, 5.74) is 1.75. The van der Waals surface area contributed by atoms with Crippen LogP contribution < -0.4 is 15.5 Å². The van der Waals surface area contributed by atoms with Crippen LogP contribution in [0.25, 0.3) is 0 Å². The van der Waals surface area contributed by atoms with Gasteiger partial charge >= 0.3 is 0 Å². The lowest BCUT2D eigenvalue weighted by molar-refractivity contribution is 0.604. The minimum Gasteiger partial charge on any atom is -0.354 e. The Kier molecular flexibility index (Phi) is 6.09. The Labute approximate surface area is 144 Å². The monoisotopic (exact) mass is 346 g/mol. The number of aromatic nitrogens is 1. The summed E-state index contributed by atoms with van der Waals surface area (Å²) in [7, 11) is 5.53. The number of rotatable bonds is 5. The molecule has 0 unspecified atom stereocenters. The number of thiazole rings is 1. The van der Waals surface area contributed by atoms with Gasteiger partial charge in [-0.3, -0.25) is 4.99 Å². The van der Waals surface area contributed by atoms with E-state index in [1.807, 2.05) is 30.4 Å². The summed E-state index contributed by atoms with van der Waals surface area (Å²) in [6, 6.07) is 6.28. The second-order valence-corrected chi connectivity index (χ2v) is 6.05. The summed E-state index contributed by atoms with van der Waals surface area (Å²) in [5.74, 6) is 0.184. The second-order valence-electron chi connectivity index (χ2n) is 5.21. The molecule has 0 saturated carbocycles. The second kappa shape index (κ2) is 8.26. The summed E-state index contributed by atoms with van der Waals surface area (Å²) in [5, 5.41) is 18.0. The van der Waals surface area contributed by atoms with Crippen LogP contribution in [0.5, 0.6) is 0 Å². The van der Waals surface area contributed by atoms with Gasteiger partial charge in [-0.05, 0) is 18.2 Å². The molecule has 6 nitrogen and oxygen atoms in total. The third-order valence-electron chi connectivity index (χ3n) is 3.20. The molecule has 1 aromatic heterocycles. The maximum atomic E-state index is 13.8. The third kappa shape index (κ3) is 4.67. The van der Waals surface area contributed by atoms with Gasteiger partial charge in [0.1, 0.15) is 5.82 Å². The number of hydrogen-bond donors (Lipinski definition) is 2. The van der Waals surface area contributed by atoms with Gasteiger partial charge < -0.3 is 15.5 Å². The molecule has 0 spiro atoms. The minimum absolute atomic E-state index is 0.237. The van der Waals surface area contributed by atoms with Crippen molar-refractivity contribution >= 4 is 22.4 Å². The van der Waals surface area contributed by atoms with E-state index < -0.39 is 0 Å². The topological polar surface area (TPSA) is 76.3 Å². The molecule has 0 amide bonds. The number of guanidine groups is 1. The highest BCUT2D eigenvalue weighted by Gasteiger charge is 2.07. The van der Waals surface area contributed by atoms with Gasteiger partial charge in [0.25, 0.3) is 0 Å². The molecule has 2 aromatic rings. The van der Waals surface area contributed by atoms with Crippen molar-refractivity contribution in [3.63, 3.8) is 0 Å². The maximum absolute atomic E-state index is 13.8. The molecule has 24 heavy (non-hydrogen) atoms. The van der Waals surface area contributed by atoms with Crippen molar-refractivity contribution in [2.45, 2.75) is 13.1 Å².